The molecule has 0 aliphatic rings. The molecule has 0 bridgehead atoms. The number of carbonyl (C=O) groups is 3. The highest BCUT2D eigenvalue weighted by atomic mass is 31.2. The van der Waals surface area contributed by atoms with E-state index in [1.54, 1.807) is 0 Å². The number of amides is 1. The van der Waals surface area contributed by atoms with Crippen LogP contribution in [0.2, 0.25) is 0 Å². The van der Waals surface area contributed by atoms with Gasteiger partial charge in [0.2, 0.25) is 5.91 Å². The van der Waals surface area contributed by atoms with Gasteiger partial charge in [0.05, 0.1) is 13.2 Å². The Morgan fingerprint density at radius 3 is 1.35 bits per heavy atom. The third-order valence-electron chi connectivity index (χ3n) is 10.9. The van der Waals surface area contributed by atoms with Gasteiger partial charge in [-0.15, -0.1) is 0 Å². The largest absolute Gasteiger partial charge is 0.480 e. The van der Waals surface area contributed by atoms with E-state index < -0.39 is 57.6 Å². The van der Waals surface area contributed by atoms with Crippen LogP contribution in [-0.4, -0.2) is 64.9 Å². The number of rotatable bonds is 47. The Kier molecular flexibility index (Phi) is 43.6. The summed E-state index contributed by atoms with van der Waals surface area (Å²) in [6.07, 6.45) is 50.2. The number of hydrogen-bond acceptors (Lipinski definition) is 8. The van der Waals surface area contributed by atoms with Gasteiger partial charge in [-0.3, -0.25) is 18.6 Å². The van der Waals surface area contributed by atoms with Gasteiger partial charge in [-0.05, 0) is 70.6 Å². The Labute approximate surface area is 378 Å². The molecule has 0 fully saturated rings. The highest BCUT2D eigenvalue weighted by Crippen LogP contribution is 2.43. The van der Waals surface area contributed by atoms with Crippen LogP contribution < -0.4 is 5.32 Å². The maximum absolute atomic E-state index is 12.3. The van der Waals surface area contributed by atoms with E-state index in [4.69, 9.17) is 13.8 Å². The minimum Gasteiger partial charge on any atom is -0.480 e. The van der Waals surface area contributed by atoms with Crippen molar-refractivity contribution < 1.29 is 47.8 Å². The first-order valence-corrected chi connectivity index (χ1v) is 26.5. The summed E-state index contributed by atoms with van der Waals surface area (Å²) in [7, 11) is -4.76. The predicted molar refractivity (Wildman–Crippen MR) is 254 cm³/mol. The van der Waals surface area contributed by atoms with Crippen molar-refractivity contribution in [1.29, 1.82) is 0 Å². The summed E-state index contributed by atoms with van der Waals surface area (Å²) in [5.41, 5.74) is 0. The topological polar surface area (TPSA) is 169 Å². The molecule has 0 aromatic carbocycles. The minimum atomic E-state index is -4.76. The zero-order valence-electron chi connectivity index (χ0n) is 39.4. The first-order valence-electron chi connectivity index (χ1n) is 25.0. The smallest absolute Gasteiger partial charge is 0.472 e. The van der Waals surface area contributed by atoms with Gasteiger partial charge in [0.15, 0.2) is 6.04 Å². The monoisotopic (exact) mass is 898 g/mol. The third-order valence-corrected chi connectivity index (χ3v) is 11.9. The molecule has 0 saturated heterocycles. The standard InChI is InChI=1S/C50H92NO10P/c1-3-5-7-9-11-13-15-17-19-21-22-23-24-26-28-30-32-34-36-38-40-42-49(54)59-43-46(52)44-60-62(57,58)61-45-47(50(55)56)51-48(53)41-39-37-35-33-31-29-27-25-20-18-16-14-12-10-8-6-4-2/h11,13,17-20,46-47,52H,3-10,12,14-16,21-45H2,1-2H3,(H,51,53)(H,55,56)(H,57,58)/b13-11-,19-17-,20-18-. The maximum atomic E-state index is 12.3. The molecule has 0 heterocycles. The molecule has 0 aromatic rings. The molecule has 0 spiro atoms. The molecule has 3 unspecified atom stereocenters. The minimum absolute atomic E-state index is 0.141. The molecule has 11 nitrogen and oxygen atoms in total. The Bertz CT molecular complexity index is 1190. The summed E-state index contributed by atoms with van der Waals surface area (Å²) in [6, 6.07) is -1.55. The summed E-state index contributed by atoms with van der Waals surface area (Å²) >= 11 is 0. The Hall–Kier alpha value is -2.30. The lowest BCUT2D eigenvalue weighted by molar-refractivity contribution is -0.147. The molecular formula is C50H92NO10P. The van der Waals surface area contributed by atoms with E-state index in [0.717, 1.165) is 57.8 Å². The molecule has 62 heavy (non-hydrogen) atoms. The van der Waals surface area contributed by atoms with Crippen molar-refractivity contribution >= 4 is 25.7 Å². The van der Waals surface area contributed by atoms with Crippen molar-refractivity contribution in [1.82, 2.24) is 5.32 Å². The number of aliphatic carboxylic acids is 1. The number of aliphatic hydroxyl groups excluding tert-OH is 1. The lowest BCUT2D eigenvalue weighted by Crippen LogP contribution is -2.43. The lowest BCUT2D eigenvalue weighted by atomic mass is 10.0. The van der Waals surface area contributed by atoms with Crippen LogP contribution in [0.3, 0.4) is 0 Å². The van der Waals surface area contributed by atoms with Crippen molar-refractivity contribution in [2.75, 3.05) is 19.8 Å². The van der Waals surface area contributed by atoms with Crippen LogP contribution in [0.15, 0.2) is 36.5 Å². The van der Waals surface area contributed by atoms with Gasteiger partial charge in [0.1, 0.15) is 12.7 Å². The summed E-state index contributed by atoms with van der Waals surface area (Å²) < 4.78 is 26.9. The average Bonchev–Trinajstić information content (AvgIpc) is 3.25. The van der Waals surface area contributed by atoms with Crippen molar-refractivity contribution in [2.24, 2.45) is 0 Å². The van der Waals surface area contributed by atoms with Crippen molar-refractivity contribution in [2.45, 2.75) is 244 Å². The van der Waals surface area contributed by atoms with Gasteiger partial charge in [0.25, 0.3) is 0 Å². The highest BCUT2D eigenvalue weighted by molar-refractivity contribution is 7.47. The van der Waals surface area contributed by atoms with E-state index in [1.807, 2.05) is 0 Å². The van der Waals surface area contributed by atoms with Crippen molar-refractivity contribution in [3.8, 4) is 0 Å². The van der Waals surface area contributed by atoms with Gasteiger partial charge >= 0.3 is 19.8 Å². The van der Waals surface area contributed by atoms with Crippen molar-refractivity contribution in [3.63, 3.8) is 0 Å². The number of nitrogens with one attached hydrogen (secondary N) is 1. The number of hydrogen-bond donors (Lipinski definition) is 4. The number of carbonyl (C=O) groups excluding carboxylic acids is 2. The van der Waals surface area contributed by atoms with E-state index in [-0.39, 0.29) is 12.8 Å². The van der Waals surface area contributed by atoms with Crippen molar-refractivity contribution in [3.05, 3.63) is 36.5 Å². The Balaban J connectivity index is 3.83. The zero-order chi connectivity index (χ0) is 45.6. The number of phosphoric acid groups is 1. The summed E-state index contributed by atoms with van der Waals surface area (Å²) in [5.74, 6) is -2.37. The molecule has 0 radical (unpaired) electrons. The molecule has 4 N–H and O–H groups in total. The van der Waals surface area contributed by atoms with Crippen LogP contribution in [0.25, 0.3) is 0 Å². The second-order valence-corrected chi connectivity index (χ2v) is 18.5. The molecule has 362 valence electrons. The highest BCUT2D eigenvalue weighted by Gasteiger charge is 2.28. The van der Waals surface area contributed by atoms with E-state index >= 15 is 0 Å². The number of phosphoric ester groups is 1. The van der Waals surface area contributed by atoms with E-state index in [1.165, 1.54) is 135 Å². The molecule has 1 amide bonds. The quantitative estimate of drug-likeness (QED) is 0.0200. The molecule has 12 heteroatoms. The summed E-state index contributed by atoms with van der Waals surface area (Å²) in [4.78, 5) is 46.1. The van der Waals surface area contributed by atoms with Crippen LogP contribution in [0, 0.1) is 0 Å². The number of ether oxygens (including phenoxy) is 1. The van der Waals surface area contributed by atoms with Crippen LogP contribution in [0.4, 0.5) is 0 Å². The number of allylic oxidation sites excluding steroid dienone is 6. The Morgan fingerprint density at radius 2 is 0.887 bits per heavy atom. The normalized spacial score (nSPS) is 13.9. The fourth-order valence-electron chi connectivity index (χ4n) is 6.99. The van der Waals surface area contributed by atoms with E-state index in [0.29, 0.717) is 12.8 Å². The molecule has 0 aliphatic heterocycles. The number of unbranched alkanes of at least 4 members (excludes halogenated alkanes) is 27. The number of esters is 1. The Morgan fingerprint density at radius 1 is 0.516 bits per heavy atom. The van der Waals surface area contributed by atoms with Gasteiger partial charge in [-0.2, -0.15) is 0 Å². The lowest BCUT2D eigenvalue weighted by Gasteiger charge is -2.18. The van der Waals surface area contributed by atoms with E-state index in [2.05, 4.69) is 55.6 Å². The number of aliphatic hydroxyl groups is 1. The van der Waals surface area contributed by atoms with Crippen LogP contribution in [0.5, 0.6) is 0 Å². The fourth-order valence-corrected chi connectivity index (χ4v) is 7.76. The molecule has 3 atom stereocenters. The maximum Gasteiger partial charge on any atom is 0.472 e. The van der Waals surface area contributed by atoms with Gasteiger partial charge in [-0.1, -0.05) is 185 Å². The summed E-state index contributed by atoms with van der Waals surface area (Å²) in [6.45, 7) is 2.59. The fraction of sp³-hybridized carbons (Fsp3) is 0.820. The second kappa shape index (κ2) is 45.3. The van der Waals surface area contributed by atoms with E-state index in [9.17, 15) is 34.1 Å². The average molecular weight is 898 g/mol. The number of carboxylic acids is 1. The summed E-state index contributed by atoms with van der Waals surface area (Å²) in [5, 5.41) is 21.9. The first kappa shape index (κ1) is 59.7. The molecule has 0 saturated carbocycles. The van der Waals surface area contributed by atoms with Gasteiger partial charge in [-0.25, -0.2) is 9.36 Å². The molecule has 0 rings (SSSR count). The predicted octanol–water partition coefficient (Wildman–Crippen LogP) is 13.6. The van der Waals surface area contributed by atoms with Gasteiger partial charge < -0.3 is 25.2 Å². The molecule has 0 aromatic heterocycles. The second-order valence-electron chi connectivity index (χ2n) is 17.0. The number of carboxylic acid groups (broad SMARTS) is 1. The van der Waals surface area contributed by atoms with Crippen LogP contribution >= 0.6 is 7.82 Å². The molecular weight excluding hydrogens is 806 g/mol. The van der Waals surface area contributed by atoms with Crippen LogP contribution in [-0.2, 0) is 32.7 Å². The first-order chi connectivity index (χ1) is 30.1. The SMILES string of the molecule is CCCCC/C=C\C/C=C\CCCCCCCCCCCCCC(=O)OCC(O)COP(=O)(O)OCC(NC(=O)CCCCCCCCC/C=C\CCCCCCCC)C(=O)O. The zero-order valence-corrected chi connectivity index (χ0v) is 40.3. The van der Waals surface area contributed by atoms with Gasteiger partial charge in [0, 0.05) is 12.8 Å². The molecule has 0 aliphatic carbocycles. The third kappa shape index (κ3) is 44.3. The van der Waals surface area contributed by atoms with Crippen LogP contribution in [0.1, 0.15) is 232 Å².